The summed E-state index contributed by atoms with van der Waals surface area (Å²) in [7, 11) is 4.12. The van der Waals surface area contributed by atoms with Gasteiger partial charge in [0, 0.05) is 19.8 Å². The molecule has 2 aromatic rings. The largest absolute Gasteiger partial charge is 0.378 e. The fourth-order valence-electron chi connectivity index (χ4n) is 1.83. The van der Waals surface area contributed by atoms with Crippen molar-refractivity contribution in [1.82, 2.24) is 0 Å². The molecule has 0 saturated heterocycles. The molecule has 0 heterocycles. The van der Waals surface area contributed by atoms with Crippen LogP contribution >= 0.6 is 0 Å². The zero-order chi connectivity index (χ0) is 12.8. The van der Waals surface area contributed by atoms with Crippen molar-refractivity contribution in [3.8, 4) is 0 Å². The molecule has 2 aromatic carbocycles. The lowest BCUT2D eigenvalue weighted by molar-refractivity contribution is 1.13. The van der Waals surface area contributed by atoms with Crippen LogP contribution in [0.5, 0.6) is 0 Å². The van der Waals surface area contributed by atoms with Crippen molar-refractivity contribution >= 4 is 11.8 Å². The molecular formula is C17H19N. The number of rotatable bonds is 4. The first-order valence-electron chi connectivity index (χ1n) is 6.23. The number of hydrogen-bond acceptors (Lipinski definition) is 1. The molecule has 0 aliphatic heterocycles. The zero-order valence-electron chi connectivity index (χ0n) is 11.0. The minimum absolute atomic E-state index is 0.975. The maximum Gasteiger partial charge on any atom is 0.0361 e. The SMILES string of the molecule is CN(C)c1ccc(CC=Cc2ccccc2)cc1. The van der Waals surface area contributed by atoms with Crippen LogP contribution in [-0.2, 0) is 6.42 Å². The Balaban J connectivity index is 1.96. The van der Waals surface area contributed by atoms with Crippen LogP contribution in [0.1, 0.15) is 11.1 Å². The minimum atomic E-state index is 0.975. The monoisotopic (exact) mass is 237 g/mol. The van der Waals surface area contributed by atoms with E-state index >= 15 is 0 Å². The highest BCUT2D eigenvalue weighted by molar-refractivity contribution is 5.50. The summed E-state index contributed by atoms with van der Waals surface area (Å²) in [6, 6.07) is 19.1. The highest BCUT2D eigenvalue weighted by Gasteiger charge is 1.94. The fourth-order valence-corrected chi connectivity index (χ4v) is 1.83. The Morgan fingerprint density at radius 1 is 0.889 bits per heavy atom. The van der Waals surface area contributed by atoms with Crippen LogP contribution in [0.2, 0.25) is 0 Å². The number of anilines is 1. The molecule has 0 bridgehead atoms. The first kappa shape index (κ1) is 12.4. The molecule has 0 saturated carbocycles. The van der Waals surface area contributed by atoms with Crippen LogP contribution in [0, 0.1) is 0 Å². The van der Waals surface area contributed by atoms with E-state index in [0.29, 0.717) is 0 Å². The second-order valence-electron chi connectivity index (χ2n) is 4.58. The van der Waals surface area contributed by atoms with Crippen molar-refractivity contribution < 1.29 is 0 Å². The van der Waals surface area contributed by atoms with E-state index in [1.807, 2.05) is 6.07 Å². The number of allylic oxidation sites excluding steroid dienone is 1. The predicted octanol–water partition coefficient (Wildman–Crippen LogP) is 4.01. The summed E-state index contributed by atoms with van der Waals surface area (Å²) >= 11 is 0. The molecule has 0 fully saturated rings. The van der Waals surface area contributed by atoms with Crippen LogP contribution in [-0.4, -0.2) is 14.1 Å². The normalized spacial score (nSPS) is 10.8. The van der Waals surface area contributed by atoms with Crippen molar-refractivity contribution in [2.24, 2.45) is 0 Å². The fraction of sp³-hybridized carbons (Fsp3) is 0.176. The molecule has 1 heteroatoms. The molecule has 0 aromatic heterocycles. The van der Waals surface area contributed by atoms with Crippen molar-refractivity contribution in [3.63, 3.8) is 0 Å². The van der Waals surface area contributed by atoms with Crippen LogP contribution < -0.4 is 4.90 Å². The van der Waals surface area contributed by atoms with E-state index in [4.69, 9.17) is 0 Å². The average Bonchev–Trinajstić information content (AvgIpc) is 2.40. The third-order valence-electron chi connectivity index (χ3n) is 2.92. The Labute approximate surface area is 109 Å². The Hall–Kier alpha value is -2.02. The summed E-state index contributed by atoms with van der Waals surface area (Å²) in [6.07, 6.45) is 5.35. The van der Waals surface area contributed by atoms with Gasteiger partial charge < -0.3 is 4.90 Å². The van der Waals surface area contributed by atoms with Gasteiger partial charge in [-0.2, -0.15) is 0 Å². The van der Waals surface area contributed by atoms with E-state index < -0.39 is 0 Å². The molecule has 0 atom stereocenters. The van der Waals surface area contributed by atoms with Gasteiger partial charge in [-0.25, -0.2) is 0 Å². The molecular weight excluding hydrogens is 218 g/mol. The number of benzene rings is 2. The topological polar surface area (TPSA) is 3.24 Å². The second-order valence-corrected chi connectivity index (χ2v) is 4.58. The van der Waals surface area contributed by atoms with Crippen LogP contribution in [0.3, 0.4) is 0 Å². The highest BCUT2D eigenvalue weighted by atomic mass is 15.1. The van der Waals surface area contributed by atoms with Gasteiger partial charge >= 0.3 is 0 Å². The third-order valence-corrected chi connectivity index (χ3v) is 2.92. The smallest absolute Gasteiger partial charge is 0.0361 e. The quantitative estimate of drug-likeness (QED) is 0.776. The van der Waals surface area contributed by atoms with Crippen molar-refractivity contribution in [2.45, 2.75) is 6.42 Å². The van der Waals surface area contributed by atoms with E-state index in [1.165, 1.54) is 16.8 Å². The summed E-state index contributed by atoms with van der Waals surface area (Å²) in [5, 5.41) is 0. The molecule has 2 rings (SSSR count). The molecule has 0 amide bonds. The van der Waals surface area contributed by atoms with Crippen molar-refractivity contribution in [3.05, 3.63) is 71.8 Å². The van der Waals surface area contributed by atoms with E-state index in [2.05, 4.69) is 79.7 Å². The average molecular weight is 237 g/mol. The summed E-state index contributed by atoms with van der Waals surface area (Å²) in [5.41, 5.74) is 3.83. The minimum Gasteiger partial charge on any atom is -0.378 e. The Bertz CT molecular complexity index is 495. The Kier molecular flexibility index (Phi) is 4.19. The van der Waals surface area contributed by atoms with E-state index in [9.17, 15) is 0 Å². The summed E-state index contributed by atoms with van der Waals surface area (Å²) in [4.78, 5) is 2.11. The number of hydrogen-bond donors (Lipinski definition) is 0. The Morgan fingerprint density at radius 2 is 1.56 bits per heavy atom. The molecule has 1 nitrogen and oxygen atoms in total. The van der Waals surface area contributed by atoms with E-state index in [0.717, 1.165) is 6.42 Å². The standard InChI is InChI=1S/C17H19N/c1-18(2)17-13-11-16(12-14-17)10-6-9-15-7-4-3-5-8-15/h3-9,11-14H,10H2,1-2H3. The third kappa shape index (κ3) is 3.49. The maximum atomic E-state index is 2.21. The van der Waals surface area contributed by atoms with E-state index in [1.54, 1.807) is 0 Å². The maximum absolute atomic E-state index is 2.21. The van der Waals surface area contributed by atoms with Crippen LogP contribution in [0.15, 0.2) is 60.7 Å². The lowest BCUT2D eigenvalue weighted by Crippen LogP contribution is -2.08. The molecule has 0 radical (unpaired) electrons. The summed E-state index contributed by atoms with van der Waals surface area (Å²) in [5.74, 6) is 0. The van der Waals surface area contributed by atoms with Gasteiger partial charge in [0.05, 0.1) is 0 Å². The van der Waals surface area contributed by atoms with Gasteiger partial charge in [0.2, 0.25) is 0 Å². The summed E-state index contributed by atoms with van der Waals surface area (Å²) in [6.45, 7) is 0. The lowest BCUT2D eigenvalue weighted by Gasteiger charge is -2.12. The first-order chi connectivity index (χ1) is 8.75. The predicted molar refractivity (Wildman–Crippen MR) is 79.9 cm³/mol. The van der Waals surface area contributed by atoms with Gasteiger partial charge in [-0.3, -0.25) is 0 Å². The second kappa shape index (κ2) is 6.06. The first-order valence-corrected chi connectivity index (χ1v) is 6.23. The van der Waals surface area contributed by atoms with Crippen LogP contribution in [0.25, 0.3) is 6.08 Å². The molecule has 18 heavy (non-hydrogen) atoms. The van der Waals surface area contributed by atoms with Gasteiger partial charge in [0.15, 0.2) is 0 Å². The zero-order valence-corrected chi connectivity index (χ0v) is 11.0. The molecule has 92 valence electrons. The van der Waals surface area contributed by atoms with Crippen molar-refractivity contribution in [2.75, 3.05) is 19.0 Å². The van der Waals surface area contributed by atoms with Gasteiger partial charge in [0.25, 0.3) is 0 Å². The number of nitrogens with zero attached hydrogens (tertiary/aromatic N) is 1. The summed E-state index contributed by atoms with van der Waals surface area (Å²) < 4.78 is 0. The van der Waals surface area contributed by atoms with E-state index in [-0.39, 0.29) is 0 Å². The molecule has 0 aliphatic carbocycles. The molecule has 0 spiro atoms. The lowest BCUT2D eigenvalue weighted by atomic mass is 10.1. The van der Waals surface area contributed by atoms with Gasteiger partial charge in [-0.15, -0.1) is 0 Å². The van der Waals surface area contributed by atoms with Gasteiger partial charge in [-0.1, -0.05) is 54.6 Å². The van der Waals surface area contributed by atoms with Crippen molar-refractivity contribution in [1.29, 1.82) is 0 Å². The molecule has 0 aliphatic rings. The van der Waals surface area contributed by atoms with Crippen LogP contribution in [0.4, 0.5) is 5.69 Å². The molecule has 0 unspecified atom stereocenters. The van der Waals surface area contributed by atoms with Gasteiger partial charge in [0.1, 0.15) is 0 Å². The molecule has 0 N–H and O–H groups in total. The van der Waals surface area contributed by atoms with Gasteiger partial charge in [-0.05, 0) is 29.7 Å². The highest BCUT2D eigenvalue weighted by Crippen LogP contribution is 2.13. The Morgan fingerprint density at radius 3 is 2.17 bits per heavy atom.